The van der Waals surface area contributed by atoms with Crippen molar-refractivity contribution in [3.63, 3.8) is 0 Å². The molecule has 4 heteroatoms. The van der Waals surface area contributed by atoms with E-state index in [1.807, 2.05) is 12.1 Å². The zero-order valence-electron chi connectivity index (χ0n) is 9.16. The molecule has 0 fully saturated rings. The summed E-state index contributed by atoms with van der Waals surface area (Å²) in [6.45, 7) is 7.53. The molecule has 1 aromatic carbocycles. The van der Waals surface area contributed by atoms with Gasteiger partial charge >= 0.3 is 0 Å². The van der Waals surface area contributed by atoms with Crippen molar-refractivity contribution in [3.8, 4) is 0 Å². The first-order valence-corrected chi connectivity index (χ1v) is 3.99. The fourth-order valence-electron chi connectivity index (χ4n) is 0.969. The van der Waals surface area contributed by atoms with Crippen molar-refractivity contribution in [2.24, 2.45) is 0 Å². The standard InChI is InChI=1S/C11H12O.3Y/c1-8(2)10-4-6-11(7-5-10)9(3)12;;;/h4-6,8H,3H2,1-2H3;;;/q-2;;;. The fraction of sp³-hybridized carbons (Fsp3) is 0.273. The molecule has 1 aromatic rings. The average Bonchev–Trinajstić information content (AvgIpc) is 2.04. The number of carbonyl (C=O) groups is 1. The second kappa shape index (κ2) is 11.2. The molecule has 0 spiro atoms. The molecule has 1 rings (SSSR count). The number of ketones is 1. The molecule has 0 aliphatic carbocycles. The summed E-state index contributed by atoms with van der Waals surface area (Å²) in [5, 5.41) is 0. The van der Waals surface area contributed by atoms with Gasteiger partial charge in [0.2, 0.25) is 0 Å². The molecule has 0 bridgehead atoms. The Kier molecular flexibility index (Phi) is 16.6. The first kappa shape index (κ1) is 22.3. The molecule has 0 N–H and O–H groups in total. The molecule has 3 radical (unpaired) electrons. The van der Waals surface area contributed by atoms with Crippen molar-refractivity contribution in [2.45, 2.75) is 19.8 Å². The zero-order chi connectivity index (χ0) is 9.14. The van der Waals surface area contributed by atoms with Gasteiger partial charge < -0.3 is 4.79 Å². The van der Waals surface area contributed by atoms with Gasteiger partial charge in [-0.15, -0.1) is 5.56 Å². The van der Waals surface area contributed by atoms with Crippen molar-refractivity contribution < 1.29 is 103 Å². The molecule has 0 aliphatic heterocycles. The first-order chi connectivity index (χ1) is 5.61. The third-order valence-electron chi connectivity index (χ3n) is 1.80. The van der Waals surface area contributed by atoms with Gasteiger partial charge in [0.1, 0.15) is 0 Å². The maximum absolute atomic E-state index is 10.8. The second-order valence-corrected chi connectivity index (χ2v) is 3.11. The number of carbonyl (C=O) groups excluding carboxylic acids is 1. The number of hydrogen-bond donors (Lipinski definition) is 0. The van der Waals surface area contributed by atoms with Crippen LogP contribution in [0.3, 0.4) is 0 Å². The predicted molar refractivity (Wildman–Crippen MR) is 49.1 cm³/mol. The monoisotopic (exact) mass is 427 g/mol. The van der Waals surface area contributed by atoms with E-state index in [2.05, 4.69) is 26.8 Å². The van der Waals surface area contributed by atoms with Crippen LogP contribution in [0.4, 0.5) is 0 Å². The average molecular weight is 427 g/mol. The normalized spacial score (nSPS) is 8.20. The zero-order valence-corrected chi connectivity index (χ0v) is 17.7. The second-order valence-electron chi connectivity index (χ2n) is 3.11. The van der Waals surface area contributed by atoms with Gasteiger partial charge in [0.05, 0.1) is 0 Å². The summed E-state index contributed by atoms with van der Waals surface area (Å²) >= 11 is 0. The Bertz CT molecular complexity index is 280. The van der Waals surface area contributed by atoms with Crippen LogP contribution in [0.5, 0.6) is 0 Å². The molecular weight excluding hydrogens is 415 g/mol. The molecule has 0 amide bonds. The Morgan fingerprint density at radius 2 is 1.80 bits per heavy atom. The van der Waals surface area contributed by atoms with Crippen LogP contribution in [0.1, 0.15) is 35.7 Å². The van der Waals surface area contributed by atoms with Crippen LogP contribution in [0, 0.1) is 13.0 Å². The van der Waals surface area contributed by atoms with Crippen molar-refractivity contribution in [2.75, 3.05) is 0 Å². The van der Waals surface area contributed by atoms with E-state index < -0.39 is 0 Å². The minimum atomic E-state index is -0.176. The van der Waals surface area contributed by atoms with E-state index in [0.29, 0.717) is 11.5 Å². The minimum Gasteiger partial charge on any atom is -0.389 e. The summed E-state index contributed by atoms with van der Waals surface area (Å²) in [6, 6.07) is 8.47. The number of rotatable bonds is 2. The maximum Gasteiger partial charge on any atom is 0 e. The van der Waals surface area contributed by atoms with Crippen molar-refractivity contribution >= 4 is 5.78 Å². The fourth-order valence-corrected chi connectivity index (χ4v) is 0.969. The number of Topliss-reactive ketones (excluding diaryl/α,β-unsaturated/α-hetero) is 1. The Hall–Kier alpha value is 2.07. The summed E-state index contributed by atoms with van der Waals surface area (Å²) in [5.74, 6) is 0.306. The molecule has 73 valence electrons. The van der Waals surface area contributed by atoms with E-state index in [0.717, 1.165) is 0 Å². The summed E-state index contributed by atoms with van der Waals surface area (Å²) < 4.78 is 0. The maximum atomic E-state index is 10.8. The quantitative estimate of drug-likeness (QED) is 0.525. The Morgan fingerprint density at radius 3 is 2.07 bits per heavy atom. The molecule has 0 aliphatic rings. The number of benzene rings is 1. The van der Waals surface area contributed by atoms with Gasteiger partial charge in [-0.1, -0.05) is 25.5 Å². The Morgan fingerprint density at radius 1 is 1.27 bits per heavy atom. The van der Waals surface area contributed by atoms with Crippen LogP contribution in [-0.2, 0) is 98.1 Å². The van der Waals surface area contributed by atoms with Crippen LogP contribution < -0.4 is 0 Å². The van der Waals surface area contributed by atoms with E-state index in [4.69, 9.17) is 0 Å². The van der Waals surface area contributed by atoms with E-state index in [1.165, 1.54) is 5.56 Å². The Balaban J connectivity index is -0.000000480. The SMILES string of the molecule is [CH2-]C(=O)c1[c-]cc(C(C)C)cc1.[Y].[Y].[Y]. The van der Waals surface area contributed by atoms with Crippen LogP contribution in [0.2, 0.25) is 0 Å². The molecule has 15 heavy (non-hydrogen) atoms. The summed E-state index contributed by atoms with van der Waals surface area (Å²) in [6.07, 6.45) is 0. The summed E-state index contributed by atoms with van der Waals surface area (Å²) in [7, 11) is 0. The van der Waals surface area contributed by atoms with Gasteiger partial charge in [0.25, 0.3) is 0 Å². The number of hydrogen-bond acceptors (Lipinski definition) is 1. The largest absolute Gasteiger partial charge is 0.389 e. The van der Waals surface area contributed by atoms with Gasteiger partial charge in [-0.05, 0) is 0 Å². The van der Waals surface area contributed by atoms with Crippen LogP contribution in [-0.4, -0.2) is 5.78 Å². The molecule has 0 saturated heterocycles. The van der Waals surface area contributed by atoms with Crippen LogP contribution in [0.25, 0.3) is 0 Å². The smallest absolute Gasteiger partial charge is 0 e. The van der Waals surface area contributed by atoms with E-state index in [9.17, 15) is 4.79 Å². The van der Waals surface area contributed by atoms with Crippen molar-refractivity contribution in [3.05, 3.63) is 42.3 Å². The molecule has 0 unspecified atom stereocenters. The molecule has 0 saturated carbocycles. The van der Waals surface area contributed by atoms with E-state index in [-0.39, 0.29) is 104 Å². The van der Waals surface area contributed by atoms with Crippen LogP contribution >= 0.6 is 0 Å². The minimum absolute atomic E-state index is 0. The van der Waals surface area contributed by atoms with Gasteiger partial charge in [0.15, 0.2) is 0 Å². The van der Waals surface area contributed by atoms with E-state index >= 15 is 0 Å². The molecule has 0 heterocycles. The first-order valence-electron chi connectivity index (χ1n) is 3.99. The predicted octanol–water partition coefficient (Wildman–Crippen LogP) is 2.62. The van der Waals surface area contributed by atoms with Gasteiger partial charge in [-0.3, -0.25) is 5.56 Å². The van der Waals surface area contributed by atoms with E-state index in [1.54, 1.807) is 6.07 Å². The van der Waals surface area contributed by atoms with Crippen molar-refractivity contribution in [1.29, 1.82) is 0 Å². The third kappa shape index (κ3) is 7.90. The molecular formula is C11H12OY3-2. The third-order valence-corrected chi connectivity index (χ3v) is 1.80. The molecule has 1 nitrogen and oxygen atoms in total. The molecule has 0 aromatic heterocycles. The van der Waals surface area contributed by atoms with Gasteiger partial charge in [-0.25, -0.2) is 19.1 Å². The molecule has 0 atom stereocenters. The van der Waals surface area contributed by atoms with Gasteiger partial charge in [0, 0.05) is 98.1 Å². The van der Waals surface area contributed by atoms with Gasteiger partial charge in [-0.2, -0.15) is 12.1 Å². The van der Waals surface area contributed by atoms with Crippen LogP contribution in [0.15, 0.2) is 18.2 Å². The Labute approximate surface area is 168 Å². The topological polar surface area (TPSA) is 17.1 Å². The summed E-state index contributed by atoms with van der Waals surface area (Å²) in [5.41, 5.74) is 1.75. The summed E-state index contributed by atoms with van der Waals surface area (Å²) in [4.78, 5) is 10.8. The van der Waals surface area contributed by atoms with Crippen molar-refractivity contribution in [1.82, 2.24) is 0 Å².